The molecule has 0 radical (unpaired) electrons. The molecule has 0 saturated carbocycles. The number of aliphatic hydroxyl groups excluding tert-OH is 2. The molecule has 2 saturated heterocycles. The second-order valence-corrected chi connectivity index (χ2v) is 9.79. The minimum absolute atomic E-state index is 0.168. The molecule has 11 nitrogen and oxygen atoms in total. The first-order chi connectivity index (χ1) is 16.5. The zero-order valence-electron chi connectivity index (χ0n) is 21.2. The number of carbonyl (C=O) groups excluding carboxylic acids is 1. The molecule has 35 heavy (non-hydrogen) atoms. The van der Waals surface area contributed by atoms with Gasteiger partial charge in [0.1, 0.15) is 24.3 Å². The van der Waals surface area contributed by atoms with Crippen LogP contribution in [0.2, 0.25) is 0 Å². The third kappa shape index (κ3) is 6.75. The molecule has 1 aromatic rings. The van der Waals surface area contributed by atoms with Crippen molar-refractivity contribution in [1.29, 1.82) is 0 Å². The molecular weight excluding hydrogens is 456 g/mol. The van der Waals surface area contributed by atoms with Gasteiger partial charge in [-0.05, 0) is 58.8 Å². The molecule has 11 heteroatoms. The van der Waals surface area contributed by atoms with Crippen molar-refractivity contribution in [1.82, 2.24) is 14.5 Å². The van der Waals surface area contributed by atoms with Crippen LogP contribution in [-0.4, -0.2) is 87.5 Å². The van der Waals surface area contributed by atoms with Gasteiger partial charge in [-0.25, -0.2) is 4.79 Å². The summed E-state index contributed by atoms with van der Waals surface area (Å²) in [6.45, 7) is 7.57. The molecule has 1 aromatic heterocycles. The largest absolute Gasteiger partial charge is 0.388 e. The highest BCUT2D eigenvalue weighted by molar-refractivity contribution is 5.98. The Morgan fingerprint density at radius 3 is 2.54 bits per heavy atom. The van der Waals surface area contributed by atoms with Gasteiger partial charge in [0.15, 0.2) is 6.29 Å². The fraction of sp³-hybridized carbons (Fsp3) is 0.708. The molecule has 2 aliphatic heterocycles. The van der Waals surface area contributed by atoms with Gasteiger partial charge in [-0.15, -0.1) is 0 Å². The number of hydrogen-bond donors (Lipinski definition) is 3. The van der Waals surface area contributed by atoms with Crippen molar-refractivity contribution in [2.75, 3.05) is 19.4 Å². The summed E-state index contributed by atoms with van der Waals surface area (Å²) >= 11 is 0. The molecule has 8 atom stereocenters. The van der Waals surface area contributed by atoms with E-state index in [1.165, 1.54) is 10.6 Å². The number of rotatable bonds is 7. The number of hydrogen-bond acceptors (Lipinski definition) is 9. The first kappa shape index (κ1) is 27.4. The van der Waals surface area contributed by atoms with Gasteiger partial charge in [0.2, 0.25) is 5.91 Å². The number of allylic oxidation sites excluding steroid dienone is 1. The quantitative estimate of drug-likeness (QED) is 0.472. The number of nitrogens with one attached hydrogen (secondary N) is 1. The van der Waals surface area contributed by atoms with Crippen LogP contribution in [-0.2, 0) is 19.0 Å². The van der Waals surface area contributed by atoms with Gasteiger partial charge in [-0.3, -0.25) is 9.36 Å². The van der Waals surface area contributed by atoms with Crippen molar-refractivity contribution in [3.63, 3.8) is 0 Å². The number of anilines is 1. The van der Waals surface area contributed by atoms with Gasteiger partial charge in [0.25, 0.3) is 0 Å². The molecule has 0 spiro atoms. The Bertz CT molecular complexity index is 950. The predicted octanol–water partition coefficient (Wildman–Crippen LogP) is 0.874. The van der Waals surface area contributed by atoms with Crippen LogP contribution >= 0.6 is 0 Å². The maximum absolute atomic E-state index is 12.6. The van der Waals surface area contributed by atoms with E-state index in [1.807, 2.05) is 46.7 Å². The molecule has 1 amide bonds. The number of aromatic nitrogens is 2. The Balaban J connectivity index is 1.59. The fourth-order valence-corrected chi connectivity index (χ4v) is 4.50. The Morgan fingerprint density at radius 1 is 1.23 bits per heavy atom. The molecular formula is C24H38N4O7. The smallest absolute Gasteiger partial charge is 0.351 e. The van der Waals surface area contributed by atoms with Gasteiger partial charge in [-0.2, -0.15) is 4.98 Å². The average Bonchev–Trinajstić information content (AvgIpc) is 2.77. The second kappa shape index (κ2) is 11.7. The van der Waals surface area contributed by atoms with Crippen molar-refractivity contribution in [3.8, 4) is 0 Å². The number of ether oxygens (including phenoxy) is 3. The van der Waals surface area contributed by atoms with Crippen LogP contribution < -0.4 is 11.0 Å². The van der Waals surface area contributed by atoms with E-state index in [0.29, 0.717) is 12.8 Å². The Labute approximate surface area is 205 Å². The standard InChI is InChI=1S/C24H38N4O7/c1-13(2)7-9-18(29)25-17-11-12-28(24(32)26-17)19-10-8-16(14(3)33-19)35-23-22(31)21(30)20(27(5)6)15(4)34-23/h7,9,11-16,19-23,30-31H,8,10H2,1-6H3,(H,25,26,29,32)/b9-7+. The lowest BCUT2D eigenvalue weighted by molar-refractivity contribution is -0.310. The van der Waals surface area contributed by atoms with E-state index < -0.39 is 42.6 Å². The topological polar surface area (TPSA) is 135 Å². The molecule has 196 valence electrons. The minimum atomic E-state index is -1.20. The van der Waals surface area contributed by atoms with Crippen molar-refractivity contribution in [2.24, 2.45) is 5.92 Å². The van der Waals surface area contributed by atoms with Gasteiger partial charge >= 0.3 is 5.69 Å². The molecule has 2 aliphatic rings. The van der Waals surface area contributed by atoms with Crippen molar-refractivity contribution < 1.29 is 29.2 Å². The van der Waals surface area contributed by atoms with Crippen LogP contribution in [0, 0.1) is 5.92 Å². The molecule has 2 fully saturated rings. The van der Waals surface area contributed by atoms with Crippen molar-refractivity contribution >= 4 is 11.7 Å². The summed E-state index contributed by atoms with van der Waals surface area (Å²) in [5.74, 6) is 0.0486. The first-order valence-electron chi connectivity index (χ1n) is 12.0. The van der Waals surface area contributed by atoms with E-state index >= 15 is 0 Å². The highest BCUT2D eigenvalue weighted by Gasteiger charge is 2.46. The highest BCUT2D eigenvalue weighted by Crippen LogP contribution is 2.32. The normalized spacial score (nSPS) is 34.0. The average molecular weight is 495 g/mol. The van der Waals surface area contributed by atoms with Gasteiger partial charge in [-0.1, -0.05) is 19.9 Å². The predicted molar refractivity (Wildman–Crippen MR) is 129 cm³/mol. The second-order valence-electron chi connectivity index (χ2n) is 9.79. The molecule has 8 unspecified atom stereocenters. The first-order valence-corrected chi connectivity index (χ1v) is 12.0. The number of amides is 1. The molecule has 3 N–H and O–H groups in total. The van der Waals surface area contributed by atoms with E-state index in [0.717, 1.165) is 0 Å². The maximum atomic E-state index is 12.6. The third-order valence-corrected chi connectivity index (χ3v) is 6.33. The fourth-order valence-electron chi connectivity index (χ4n) is 4.50. The summed E-state index contributed by atoms with van der Waals surface area (Å²) in [7, 11) is 3.64. The van der Waals surface area contributed by atoms with E-state index in [1.54, 1.807) is 18.3 Å². The van der Waals surface area contributed by atoms with E-state index in [2.05, 4.69) is 10.3 Å². The summed E-state index contributed by atoms with van der Waals surface area (Å²) in [6, 6.07) is 1.20. The van der Waals surface area contributed by atoms with Crippen molar-refractivity contribution in [2.45, 2.75) is 89.6 Å². The number of aliphatic hydroxyl groups is 2. The SMILES string of the molecule is CC(C)/C=C/C(=O)Nc1ccn(C2CCC(OC3OC(C)C(N(C)C)C(O)C3O)C(C)O2)c(=O)n1. The number of likely N-dealkylation sites (N-methyl/N-ethyl adjacent to an activating group) is 1. The monoisotopic (exact) mass is 494 g/mol. The number of nitrogens with zero attached hydrogens (tertiary/aromatic N) is 3. The lowest BCUT2D eigenvalue weighted by Crippen LogP contribution is -2.62. The summed E-state index contributed by atoms with van der Waals surface area (Å²) in [6.07, 6.45) is 0.843. The van der Waals surface area contributed by atoms with Crippen LogP contribution in [0.5, 0.6) is 0 Å². The lowest BCUT2D eigenvalue weighted by atomic mass is 9.96. The van der Waals surface area contributed by atoms with Crippen LogP contribution in [0.1, 0.15) is 46.8 Å². The lowest BCUT2D eigenvalue weighted by Gasteiger charge is -2.46. The van der Waals surface area contributed by atoms with Crippen LogP contribution in [0.15, 0.2) is 29.2 Å². The van der Waals surface area contributed by atoms with E-state index in [4.69, 9.17) is 14.2 Å². The summed E-state index contributed by atoms with van der Waals surface area (Å²) in [5.41, 5.74) is -0.537. The summed E-state index contributed by atoms with van der Waals surface area (Å²) in [4.78, 5) is 30.3. The molecule has 0 bridgehead atoms. The Hall–Kier alpha value is -2.15. The van der Waals surface area contributed by atoms with Crippen LogP contribution in [0.3, 0.4) is 0 Å². The maximum Gasteiger partial charge on any atom is 0.351 e. The zero-order chi connectivity index (χ0) is 25.9. The summed E-state index contributed by atoms with van der Waals surface area (Å²) in [5, 5.41) is 23.7. The third-order valence-electron chi connectivity index (χ3n) is 6.33. The van der Waals surface area contributed by atoms with Gasteiger partial charge < -0.3 is 34.6 Å². The van der Waals surface area contributed by atoms with E-state index in [9.17, 15) is 19.8 Å². The van der Waals surface area contributed by atoms with Crippen LogP contribution in [0.4, 0.5) is 5.82 Å². The van der Waals surface area contributed by atoms with Gasteiger partial charge in [0, 0.05) is 6.20 Å². The highest BCUT2D eigenvalue weighted by atomic mass is 16.7. The molecule has 3 heterocycles. The van der Waals surface area contributed by atoms with Crippen molar-refractivity contribution in [3.05, 3.63) is 34.9 Å². The summed E-state index contributed by atoms with van der Waals surface area (Å²) < 4.78 is 19.3. The van der Waals surface area contributed by atoms with E-state index in [-0.39, 0.29) is 29.8 Å². The molecule has 0 aliphatic carbocycles. The van der Waals surface area contributed by atoms with Crippen LogP contribution in [0.25, 0.3) is 0 Å². The Kier molecular flexibility index (Phi) is 9.19. The molecule has 3 rings (SSSR count). The Morgan fingerprint density at radius 2 is 1.94 bits per heavy atom. The number of carbonyl (C=O) groups is 1. The zero-order valence-corrected chi connectivity index (χ0v) is 21.2. The molecule has 0 aromatic carbocycles. The van der Waals surface area contributed by atoms with Gasteiger partial charge in [0.05, 0.1) is 24.4 Å². The minimum Gasteiger partial charge on any atom is -0.388 e.